The van der Waals surface area contributed by atoms with Crippen LogP contribution in [0.15, 0.2) is 0 Å². The summed E-state index contributed by atoms with van der Waals surface area (Å²) in [6.07, 6.45) is 2.07. The zero-order chi connectivity index (χ0) is 11.8. The average Bonchev–Trinajstić information content (AvgIpc) is 2.58. The fourth-order valence-corrected chi connectivity index (χ4v) is 2.70. The van der Waals surface area contributed by atoms with E-state index in [1.165, 1.54) is 0 Å². The van der Waals surface area contributed by atoms with E-state index in [0.29, 0.717) is 25.4 Å². The van der Waals surface area contributed by atoms with E-state index in [4.69, 9.17) is 9.47 Å². The summed E-state index contributed by atoms with van der Waals surface area (Å²) in [4.78, 5) is 11.9. The van der Waals surface area contributed by atoms with Crippen LogP contribution in [0.1, 0.15) is 19.3 Å². The number of rotatable bonds is 2. The maximum atomic E-state index is 11.9. The van der Waals surface area contributed by atoms with Gasteiger partial charge in [-0.15, -0.1) is 0 Å². The van der Waals surface area contributed by atoms with Gasteiger partial charge in [0.05, 0.1) is 46.8 Å². The molecule has 1 aliphatic heterocycles. The van der Waals surface area contributed by atoms with E-state index >= 15 is 0 Å². The summed E-state index contributed by atoms with van der Waals surface area (Å²) in [7, 11) is 6.35. The first-order valence-corrected chi connectivity index (χ1v) is 6.01. The number of ketones is 1. The van der Waals surface area contributed by atoms with Gasteiger partial charge in [0.25, 0.3) is 0 Å². The number of carbonyl (C=O) groups excluding carboxylic acids is 1. The molecule has 16 heavy (non-hydrogen) atoms. The van der Waals surface area contributed by atoms with Crippen molar-refractivity contribution < 1.29 is 18.8 Å². The average molecular weight is 228 g/mol. The van der Waals surface area contributed by atoms with E-state index in [1.54, 1.807) is 0 Å². The van der Waals surface area contributed by atoms with Crippen LogP contribution in [0.3, 0.4) is 0 Å². The van der Waals surface area contributed by atoms with E-state index in [2.05, 4.69) is 21.1 Å². The molecule has 0 radical (unpaired) electrons. The van der Waals surface area contributed by atoms with Crippen LogP contribution in [0.25, 0.3) is 0 Å². The SMILES string of the molecule is C[N+](C)(C)CC1CC2(CCC1=O)OCCO2. The lowest BCUT2D eigenvalue weighted by atomic mass is 9.83. The summed E-state index contributed by atoms with van der Waals surface area (Å²) in [5.74, 6) is 0.0259. The molecular formula is C12H22NO3+. The lowest BCUT2D eigenvalue weighted by molar-refractivity contribution is -0.873. The van der Waals surface area contributed by atoms with E-state index in [-0.39, 0.29) is 5.92 Å². The first-order chi connectivity index (χ1) is 7.40. The van der Waals surface area contributed by atoms with Crippen LogP contribution >= 0.6 is 0 Å². The van der Waals surface area contributed by atoms with E-state index in [0.717, 1.165) is 23.9 Å². The Morgan fingerprint density at radius 3 is 2.50 bits per heavy atom. The molecule has 0 bridgehead atoms. The lowest BCUT2D eigenvalue weighted by Crippen LogP contribution is -2.48. The fourth-order valence-electron chi connectivity index (χ4n) is 2.70. The summed E-state index contributed by atoms with van der Waals surface area (Å²) in [5, 5.41) is 0. The number of ether oxygens (including phenoxy) is 2. The van der Waals surface area contributed by atoms with Gasteiger partial charge in [0, 0.05) is 19.3 Å². The number of Topliss-reactive ketones (excluding diaryl/α,β-unsaturated/α-hetero) is 1. The lowest BCUT2D eigenvalue weighted by Gasteiger charge is -2.37. The standard InChI is InChI=1S/C12H22NO3/c1-13(2,3)9-10-8-12(5-4-11(10)14)15-6-7-16-12/h10H,4-9H2,1-3H3/q+1. The highest BCUT2D eigenvalue weighted by molar-refractivity contribution is 5.82. The Morgan fingerprint density at radius 2 is 1.94 bits per heavy atom. The van der Waals surface area contributed by atoms with Gasteiger partial charge in [-0.2, -0.15) is 0 Å². The van der Waals surface area contributed by atoms with Gasteiger partial charge < -0.3 is 14.0 Å². The van der Waals surface area contributed by atoms with Crippen LogP contribution in [0.2, 0.25) is 0 Å². The number of quaternary nitrogens is 1. The van der Waals surface area contributed by atoms with Gasteiger partial charge >= 0.3 is 0 Å². The highest BCUT2D eigenvalue weighted by Crippen LogP contribution is 2.37. The highest BCUT2D eigenvalue weighted by Gasteiger charge is 2.45. The molecule has 2 rings (SSSR count). The molecule has 92 valence electrons. The topological polar surface area (TPSA) is 35.5 Å². The predicted molar refractivity (Wildman–Crippen MR) is 59.9 cm³/mol. The maximum Gasteiger partial charge on any atom is 0.169 e. The van der Waals surface area contributed by atoms with Crippen LogP contribution in [-0.4, -0.2) is 57.0 Å². The first kappa shape index (κ1) is 12.0. The summed E-state index contributed by atoms with van der Waals surface area (Å²) in [6, 6.07) is 0. The van der Waals surface area contributed by atoms with Crippen molar-refractivity contribution in [2.45, 2.75) is 25.0 Å². The minimum atomic E-state index is -0.437. The largest absolute Gasteiger partial charge is 0.347 e. The Morgan fingerprint density at radius 1 is 1.31 bits per heavy atom. The third-order valence-electron chi connectivity index (χ3n) is 3.35. The molecule has 0 amide bonds. The van der Waals surface area contributed by atoms with E-state index in [9.17, 15) is 4.79 Å². The number of hydrogen-bond donors (Lipinski definition) is 0. The van der Waals surface area contributed by atoms with Gasteiger partial charge in [-0.3, -0.25) is 4.79 Å². The molecule has 4 nitrogen and oxygen atoms in total. The van der Waals surface area contributed by atoms with Crippen molar-refractivity contribution in [3.8, 4) is 0 Å². The van der Waals surface area contributed by atoms with Crippen LogP contribution in [-0.2, 0) is 14.3 Å². The molecule has 2 aliphatic rings. The third-order valence-corrected chi connectivity index (χ3v) is 3.35. The zero-order valence-electron chi connectivity index (χ0n) is 10.5. The highest BCUT2D eigenvalue weighted by atomic mass is 16.7. The Labute approximate surface area is 97.1 Å². The van der Waals surface area contributed by atoms with Gasteiger partial charge in [0.1, 0.15) is 5.78 Å². The molecule has 0 aromatic carbocycles. The molecular weight excluding hydrogens is 206 g/mol. The summed E-state index contributed by atoms with van der Waals surface area (Å²) in [6.45, 7) is 2.21. The molecule has 0 aromatic heterocycles. The van der Waals surface area contributed by atoms with Crippen LogP contribution < -0.4 is 0 Å². The Bertz CT molecular complexity index is 276. The van der Waals surface area contributed by atoms with Gasteiger partial charge in [-0.25, -0.2) is 0 Å². The van der Waals surface area contributed by atoms with Crippen molar-refractivity contribution in [2.24, 2.45) is 5.92 Å². The van der Waals surface area contributed by atoms with Crippen molar-refractivity contribution in [3.63, 3.8) is 0 Å². The van der Waals surface area contributed by atoms with Gasteiger partial charge in [-0.05, 0) is 0 Å². The minimum absolute atomic E-state index is 0.0897. The second kappa shape index (κ2) is 4.09. The van der Waals surface area contributed by atoms with Gasteiger partial charge in [0.2, 0.25) is 0 Å². The minimum Gasteiger partial charge on any atom is -0.347 e. The van der Waals surface area contributed by atoms with Crippen molar-refractivity contribution in [3.05, 3.63) is 0 Å². The molecule has 0 N–H and O–H groups in total. The number of carbonyl (C=O) groups is 1. The summed E-state index contributed by atoms with van der Waals surface area (Å²) >= 11 is 0. The van der Waals surface area contributed by atoms with Crippen molar-refractivity contribution in [2.75, 3.05) is 40.9 Å². The summed E-state index contributed by atoms with van der Waals surface area (Å²) in [5.41, 5.74) is 0. The Balaban J connectivity index is 2.03. The monoisotopic (exact) mass is 228 g/mol. The van der Waals surface area contributed by atoms with Crippen LogP contribution in [0.4, 0.5) is 0 Å². The Hall–Kier alpha value is -0.450. The van der Waals surface area contributed by atoms with E-state index < -0.39 is 5.79 Å². The van der Waals surface area contributed by atoms with Gasteiger partial charge in [-0.1, -0.05) is 0 Å². The number of hydrogen-bond acceptors (Lipinski definition) is 3. The normalized spacial score (nSPS) is 29.9. The van der Waals surface area contributed by atoms with E-state index in [1.807, 2.05) is 0 Å². The maximum absolute atomic E-state index is 11.9. The molecule has 1 saturated carbocycles. The zero-order valence-corrected chi connectivity index (χ0v) is 10.5. The molecule has 1 aliphatic carbocycles. The molecule has 1 unspecified atom stereocenters. The summed E-state index contributed by atoms with van der Waals surface area (Å²) < 4.78 is 12.2. The van der Waals surface area contributed by atoms with Crippen molar-refractivity contribution in [1.82, 2.24) is 0 Å². The molecule has 1 spiro atoms. The number of nitrogens with zero attached hydrogens (tertiary/aromatic N) is 1. The molecule has 1 heterocycles. The van der Waals surface area contributed by atoms with Crippen molar-refractivity contribution in [1.29, 1.82) is 0 Å². The smallest absolute Gasteiger partial charge is 0.169 e. The first-order valence-electron chi connectivity index (χ1n) is 6.01. The molecule has 2 fully saturated rings. The van der Waals surface area contributed by atoms with Crippen molar-refractivity contribution >= 4 is 5.78 Å². The predicted octanol–water partition coefficient (Wildman–Crippen LogP) is 0.805. The molecule has 1 saturated heterocycles. The fraction of sp³-hybridized carbons (Fsp3) is 0.917. The molecule has 0 aromatic rings. The third kappa shape index (κ3) is 2.62. The second-order valence-corrected chi connectivity index (χ2v) is 5.95. The quantitative estimate of drug-likeness (QED) is 0.656. The van der Waals surface area contributed by atoms with Crippen LogP contribution in [0, 0.1) is 5.92 Å². The van der Waals surface area contributed by atoms with Gasteiger partial charge in [0.15, 0.2) is 5.79 Å². The Kier molecular flexibility index (Phi) is 3.07. The molecule has 4 heteroatoms. The van der Waals surface area contributed by atoms with Crippen LogP contribution in [0.5, 0.6) is 0 Å². The molecule has 1 atom stereocenters. The second-order valence-electron chi connectivity index (χ2n) is 5.95.